The fraction of sp³-hybridized carbons (Fsp3) is 0.579. The standard InChI is InChI=1S/C19H30N4O3/c1-3-8-20-18(24)13-21-19(25)15-23-11-9-22(10-12-23)14-16-4-6-17(26-2)7-5-16/h4-7H,3,8-15H2,1-2H3,(H,20,24)(H,21,25). The second-order valence-corrected chi connectivity index (χ2v) is 6.53. The molecule has 0 aromatic heterocycles. The maximum Gasteiger partial charge on any atom is 0.239 e. The Labute approximate surface area is 155 Å². The van der Waals surface area contributed by atoms with Crippen LogP contribution in [0.5, 0.6) is 5.75 Å². The summed E-state index contributed by atoms with van der Waals surface area (Å²) in [4.78, 5) is 28.0. The maximum absolute atomic E-state index is 12.0. The van der Waals surface area contributed by atoms with Crippen molar-refractivity contribution in [3.05, 3.63) is 29.8 Å². The number of piperazine rings is 1. The van der Waals surface area contributed by atoms with Crippen molar-refractivity contribution in [2.24, 2.45) is 0 Å². The minimum absolute atomic E-state index is 0.0519. The summed E-state index contributed by atoms with van der Waals surface area (Å²) in [5, 5.41) is 5.43. The van der Waals surface area contributed by atoms with Gasteiger partial charge in [-0.2, -0.15) is 0 Å². The van der Waals surface area contributed by atoms with Gasteiger partial charge in [-0.25, -0.2) is 0 Å². The van der Waals surface area contributed by atoms with Crippen LogP contribution >= 0.6 is 0 Å². The van der Waals surface area contributed by atoms with Gasteiger partial charge in [-0.1, -0.05) is 19.1 Å². The minimum Gasteiger partial charge on any atom is -0.497 e. The Kier molecular flexibility index (Phi) is 8.37. The maximum atomic E-state index is 12.0. The van der Waals surface area contributed by atoms with Crippen molar-refractivity contribution in [2.75, 3.05) is 52.9 Å². The quantitative estimate of drug-likeness (QED) is 0.667. The highest BCUT2D eigenvalue weighted by Gasteiger charge is 2.19. The van der Waals surface area contributed by atoms with Crippen molar-refractivity contribution >= 4 is 11.8 Å². The van der Waals surface area contributed by atoms with Crippen molar-refractivity contribution in [3.63, 3.8) is 0 Å². The molecule has 1 fully saturated rings. The van der Waals surface area contributed by atoms with Gasteiger partial charge in [0.05, 0.1) is 20.2 Å². The van der Waals surface area contributed by atoms with Crippen LogP contribution in [-0.2, 0) is 16.1 Å². The summed E-state index contributed by atoms with van der Waals surface area (Å²) >= 11 is 0. The summed E-state index contributed by atoms with van der Waals surface area (Å²) in [7, 11) is 1.67. The van der Waals surface area contributed by atoms with Gasteiger partial charge in [0.15, 0.2) is 0 Å². The van der Waals surface area contributed by atoms with Gasteiger partial charge in [0.25, 0.3) is 0 Å². The van der Waals surface area contributed by atoms with Gasteiger partial charge in [-0.05, 0) is 24.1 Å². The molecule has 2 N–H and O–H groups in total. The molecule has 144 valence electrons. The van der Waals surface area contributed by atoms with Crippen LogP contribution in [0.25, 0.3) is 0 Å². The Balaban J connectivity index is 1.64. The zero-order valence-electron chi connectivity index (χ0n) is 15.8. The first-order valence-corrected chi connectivity index (χ1v) is 9.21. The molecular formula is C19H30N4O3. The molecule has 26 heavy (non-hydrogen) atoms. The lowest BCUT2D eigenvalue weighted by atomic mass is 10.2. The third kappa shape index (κ3) is 7.01. The average molecular weight is 362 g/mol. The van der Waals surface area contributed by atoms with Crippen LogP contribution in [0, 0.1) is 0 Å². The van der Waals surface area contributed by atoms with E-state index in [0.29, 0.717) is 13.1 Å². The van der Waals surface area contributed by atoms with Crippen LogP contribution in [0.3, 0.4) is 0 Å². The number of methoxy groups -OCH3 is 1. The fourth-order valence-corrected chi connectivity index (χ4v) is 2.86. The van der Waals surface area contributed by atoms with Crippen molar-refractivity contribution in [2.45, 2.75) is 19.9 Å². The van der Waals surface area contributed by atoms with E-state index in [4.69, 9.17) is 4.74 Å². The number of nitrogens with one attached hydrogen (secondary N) is 2. The van der Waals surface area contributed by atoms with Gasteiger partial charge in [-0.15, -0.1) is 0 Å². The van der Waals surface area contributed by atoms with Crippen molar-refractivity contribution in [1.29, 1.82) is 0 Å². The predicted molar refractivity (Wildman–Crippen MR) is 101 cm³/mol. The number of nitrogens with zero attached hydrogens (tertiary/aromatic N) is 2. The summed E-state index contributed by atoms with van der Waals surface area (Å²) in [5.74, 6) is 0.637. The fourth-order valence-electron chi connectivity index (χ4n) is 2.86. The second kappa shape index (κ2) is 10.8. The number of rotatable bonds is 9. The summed E-state index contributed by atoms with van der Waals surface area (Å²) in [6.45, 7) is 7.50. The van der Waals surface area contributed by atoms with Gasteiger partial charge in [0, 0.05) is 39.3 Å². The Morgan fingerprint density at radius 3 is 2.27 bits per heavy atom. The van der Waals surface area contributed by atoms with Crippen LogP contribution in [0.4, 0.5) is 0 Å². The molecule has 0 bridgehead atoms. The van der Waals surface area contributed by atoms with Crippen molar-refractivity contribution < 1.29 is 14.3 Å². The minimum atomic E-state index is -0.135. The Hall–Kier alpha value is -2.12. The van der Waals surface area contributed by atoms with E-state index in [2.05, 4.69) is 32.6 Å². The second-order valence-electron chi connectivity index (χ2n) is 6.53. The normalized spacial score (nSPS) is 15.5. The third-order valence-corrected chi connectivity index (χ3v) is 4.42. The van der Waals surface area contributed by atoms with Gasteiger partial charge in [0.2, 0.25) is 11.8 Å². The van der Waals surface area contributed by atoms with Crippen LogP contribution in [0.2, 0.25) is 0 Å². The van der Waals surface area contributed by atoms with Crippen molar-refractivity contribution in [3.8, 4) is 5.75 Å². The molecule has 1 aromatic carbocycles. The zero-order valence-corrected chi connectivity index (χ0v) is 15.8. The highest BCUT2D eigenvalue weighted by atomic mass is 16.5. The smallest absolute Gasteiger partial charge is 0.239 e. The molecule has 1 saturated heterocycles. The molecule has 7 nitrogen and oxygen atoms in total. The van der Waals surface area contributed by atoms with E-state index in [9.17, 15) is 9.59 Å². The molecule has 0 atom stereocenters. The van der Waals surface area contributed by atoms with Crippen LogP contribution in [-0.4, -0.2) is 74.5 Å². The van der Waals surface area contributed by atoms with Crippen LogP contribution in [0.15, 0.2) is 24.3 Å². The molecule has 0 saturated carbocycles. The number of hydrogen-bond acceptors (Lipinski definition) is 5. The summed E-state index contributed by atoms with van der Waals surface area (Å²) in [6.07, 6.45) is 0.889. The van der Waals surface area contributed by atoms with Crippen LogP contribution in [0.1, 0.15) is 18.9 Å². The van der Waals surface area contributed by atoms with Gasteiger partial charge < -0.3 is 15.4 Å². The lowest BCUT2D eigenvalue weighted by Gasteiger charge is -2.34. The molecule has 0 unspecified atom stereocenters. The first-order chi connectivity index (χ1) is 12.6. The van der Waals surface area contributed by atoms with E-state index >= 15 is 0 Å². The molecule has 2 amide bonds. The molecule has 1 aliphatic heterocycles. The highest BCUT2D eigenvalue weighted by Crippen LogP contribution is 2.14. The number of carbonyl (C=O) groups is 2. The molecule has 1 heterocycles. The first-order valence-electron chi connectivity index (χ1n) is 9.21. The average Bonchev–Trinajstić information content (AvgIpc) is 2.67. The highest BCUT2D eigenvalue weighted by molar-refractivity contribution is 5.85. The van der Waals surface area contributed by atoms with Crippen LogP contribution < -0.4 is 15.4 Å². The zero-order chi connectivity index (χ0) is 18.8. The predicted octanol–water partition coefficient (Wildman–Crippen LogP) is 0.455. The summed E-state index contributed by atoms with van der Waals surface area (Å²) in [5.41, 5.74) is 1.26. The number of ether oxygens (including phenoxy) is 1. The number of hydrogen-bond donors (Lipinski definition) is 2. The lowest BCUT2D eigenvalue weighted by molar-refractivity contribution is -0.127. The molecule has 2 rings (SSSR count). The molecule has 0 spiro atoms. The summed E-state index contributed by atoms with van der Waals surface area (Å²) in [6, 6.07) is 8.13. The van der Waals surface area contributed by atoms with E-state index in [1.807, 2.05) is 19.1 Å². The Bertz CT molecular complexity index is 569. The number of benzene rings is 1. The molecule has 7 heteroatoms. The van der Waals surface area contributed by atoms with E-state index < -0.39 is 0 Å². The SMILES string of the molecule is CCCNC(=O)CNC(=O)CN1CCN(Cc2ccc(OC)cc2)CC1. The summed E-state index contributed by atoms with van der Waals surface area (Å²) < 4.78 is 5.18. The third-order valence-electron chi connectivity index (χ3n) is 4.42. The lowest BCUT2D eigenvalue weighted by Crippen LogP contribution is -2.49. The van der Waals surface area contributed by atoms with Gasteiger partial charge >= 0.3 is 0 Å². The van der Waals surface area contributed by atoms with E-state index in [-0.39, 0.29) is 18.4 Å². The Morgan fingerprint density at radius 1 is 1.00 bits per heavy atom. The number of amides is 2. The molecule has 1 aromatic rings. The monoisotopic (exact) mass is 362 g/mol. The van der Waals surface area contributed by atoms with Gasteiger partial charge in [0.1, 0.15) is 5.75 Å². The van der Waals surface area contributed by atoms with Crippen molar-refractivity contribution in [1.82, 2.24) is 20.4 Å². The largest absolute Gasteiger partial charge is 0.497 e. The van der Waals surface area contributed by atoms with E-state index in [0.717, 1.165) is 44.9 Å². The Morgan fingerprint density at radius 2 is 1.65 bits per heavy atom. The molecule has 0 aliphatic carbocycles. The number of carbonyl (C=O) groups excluding carboxylic acids is 2. The van der Waals surface area contributed by atoms with Gasteiger partial charge in [-0.3, -0.25) is 19.4 Å². The van der Waals surface area contributed by atoms with E-state index in [1.165, 1.54) is 5.56 Å². The molecular weight excluding hydrogens is 332 g/mol. The molecule has 0 radical (unpaired) electrons. The molecule has 1 aliphatic rings. The first kappa shape index (κ1) is 20.2. The van der Waals surface area contributed by atoms with E-state index in [1.54, 1.807) is 7.11 Å². The topological polar surface area (TPSA) is 73.9 Å².